The molecule has 3 heteroatoms. The second kappa shape index (κ2) is 8.06. The van der Waals surface area contributed by atoms with Crippen molar-refractivity contribution in [3.63, 3.8) is 0 Å². The summed E-state index contributed by atoms with van der Waals surface area (Å²) in [5.74, 6) is 0.821. The molecule has 1 saturated heterocycles. The second-order valence-electron chi connectivity index (χ2n) is 5.57. The van der Waals surface area contributed by atoms with E-state index in [1.807, 2.05) is 0 Å². The lowest BCUT2D eigenvalue weighted by atomic mass is 10.1. The van der Waals surface area contributed by atoms with Crippen LogP contribution in [0.5, 0.6) is 0 Å². The molecule has 1 aliphatic heterocycles. The lowest BCUT2D eigenvalue weighted by molar-refractivity contribution is 0.0480. The summed E-state index contributed by atoms with van der Waals surface area (Å²) in [6.45, 7) is 13.8. The van der Waals surface area contributed by atoms with Gasteiger partial charge in [-0.2, -0.15) is 0 Å². The Morgan fingerprint density at radius 2 is 2.00 bits per heavy atom. The Morgan fingerprint density at radius 3 is 2.59 bits per heavy atom. The molecule has 0 saturated carbocycles. The highest BCUT2D eigenvalue weighted by Gasteiger charge is 2.24. The first-order valence-electron chi connectivity index (χ1n) is 7.12. The molecule has 1 fully saturated rings. The van der Waals surface area contributed by atoms with Gasteiger partial charge in [0.2, 0.25) is 0 Å². The highest BCUT2D eigenvalue weighted by atomic mass is 16.5. The minimum atomic E-state index is 0.728. The predicted octanol–water partition coefficient (Wildman–Crippen LogP) is 2.08. The van der Waals surface area contributed by atoms with Crippen LogP contribution < -0.4 is 0 Å². The van der Waals surface area contributed by atoms with Gasteiger partial charge in [0, 0.05) is 39.3 Å². The normalized spacial score (nSPS) is 23.5. The zero-order valence-electron chi connectivity index (χ0n) is 12.1. The van der Waals surface area contributed by atoms with Gasteiger partial charge in [0.15, 0.2) is 0 Å². The van der Waals surface area contributed by atoms with Crippen molar-refractivity contribution >= 4 is 0 Å². The predicted molar refractivity (Wildman–Crippen MR) is 73.4 cm³/mol. The number of piperazine rings is 1. The average Bonchev–Trinajstić information content (AvgIpc) is 2.34. The van der Waals surface area contributed by atoms with Crippen molar-refractivity contribution in [2.24, 2.45) is 5.92 Å². The van der Waals surface area contributed by atoms with Crippen LogP contribution in [0.25, 0.3) is 0 Å². The van der Waals surface area contributed by atoms with Crippen molar-refractivity contribution in [1.29, 1.82) is 0 Å². The molecule has 0 amide bonds. The fraction of sp³-hybridized carbons (Fsp3) is 1.00. The van der Waals surface area contributed by atoms with Gasteiger partial charge in [0.05, 0.1) is 6.61 Å². The first-order valence-corrected chi connectivity index (χ1v) is 7.12. The van der Waals surface area contributed by atoms with Crippen LogP contribution in [0.3, 0.4) is 0 Å². The second-order valence-corrected chi connectivity index (χ2v) is 5.57. The maximum Gasteiger partial charge on any atom is 0.0589 e. The summed E-state index contributed by atoms with van der Waals surface area (Å²) >= 11 is 0. The van der Waals surface area contributed by atoms with Gasteiger partial charge in [-0.05, 0) is 25.3 Å². The van der Waals surface area contributed by atoms with Crippen LogP contribution in [0.4, 0.5) is 0 Å². The van der Waals surface area contributed by atoms with E-state index in [9.17, 15) is 0 Å². The van der Waals surface area contributed by atoms with Crippen LogP contribution >= 0.6 is 0 Å². The maximum absolute atomic E-state index is 5.19. The van der Waals surface area contributed by atoms with E-state index in [2.05, 4.69) is 30.6 Å². The molecule has 0 N–H and O–H groups in total. The summed E-state index contributed by atoms with van der Waals surface area (Å²) in [4.78, 5) is 5.23. The highest BCUT2D eigenvalue weighted by Crippen LogP contribution is 2.14. The van der Waals surface area contributed by atoms with Gasteiger partial charge >= 0.3 is 0 Å². The molecule has 17 heavy (non-hydrogen) atoms. The summed E-state index contributed by atoms with van der Waals surface area (Å²) in [7, 11) is 1.79. The van der Waals surface area contributed by atoms with Gasteiger partial charge in [-0.1, -0.05) is 20.8 Å². The smallest absolute Gasteiger partial charge is 0.0589 e. The third-order valence-electron chi connectivity index (χ3n) is 3.77. The zero-order chi connectivity index (χ0) is 12.7. The molecule has 0 aromatic heterocycles. The Hall–Kier alpha value is -0.120. The average molecular weight is 242 g/mol. The van der Waals surface area contributed by atoms with E-state index in [-0.39, 0.29) is 0 Å². The quantitative estimate of drug-likeness (QED) is 0.680. The molecule has 1 heterocycles. The number of hydrogen-bond acceptors (Lipinski definition) is 3. The van der Waals surface area contributed by atoms with E-state index in [0.717, 1.165) is 25.1 Å². The number of methoxy groups -OCH3 is 1. The van der Waals surface area contributed by atoms with Crippen molar-refractivity contribution in [1.82, 2.24) is 9.80 Å². The Labute approximate surface area is 107 Å². The molecule has 0 aliphatic carbocycles. The summed E-state index contributed by atoms with van der Waals surface area (Å²) < 4.78 is 5.19. The number of rotatable bonds is 7. The van der Waals surface area contributed by atoms with E-state index in [4.69, 9.17) is 4.74 Å². The van der Waals surface area contributed by atoms with Crippen molar-refractivity contribution < 1.29 is 4.74 Å². The number of ether oxygens (including phenoxy) is 1. The fourth-order valence-corrected chi connectivity index (χ4v) is 2.49. The largest absolute Gasteiger partial charge is 0.383 e. The first kappa shape index (κ1) is 14.9. The van der Waals surface area contributed by atoms with E-state index >= 15 is 0 Å². The molecule has 0 aromatic rings. The summed E-state index contributed by atoms with van der Waals surface area (Å²) in [5.41, 5.74) is 0. The molecule has 0 unspecified atom stereocenters. The minimum absolute atomic E-state index is 0.728. The van der Waals surface area contributed by atoms with Crippen LogP contribution in [0, 0.1) is 5.92 Å². The Bertz CT molecular complexity index is 197. The van der Waals surface area contributed by atoms with Crippen molar-refractivity contribution in [2.75, 3.05) is 46.4 Å². The highest BCUT2D eigenvalue weighted by molar-refractivity contribution is 4.81. The van der Waals surface area contributed by atoms with Gasteiger partial charge < -0.3 is 9.64 Å². The molecule has 1 atom stereocenters. The number of nitrogens with zero attached hydrogens (tertiary/aromatic N) is 2. The van der Waals surface area contributed by atoms with E-state index < -0.39 is 0 Å². The molecule has 3 nitrogen and oxygen atoms in total. The summed E-state index contributed by atoms with van der Waals surface area (Å²) in [6.07, 6.45) is 2.58. The van der Waals surface area contributed by atoms with Crippen LogP contribution in [-0.4, -0.2) is 62.3 Å². The Kier molecular flexibility index (Phi) is 7.09. The molecular formula is C14H30N2O. The lowest BCUT2D eigenvalue weighted by Crippen LogP contribution is -2.53. The molecule has 0 spiro atoms. The van der Waals surface area contributed by atoms with Crippen LogP contribution in [0.1, 0.15) is 33.6 Å². The van der Waals surface area contributed by atoms with E-state index in [0.29, 0.717) is 0 Å². The molecule has 1 rings (SSSR count). The van der Waals surface area contributed by atoms with Crippen LogP contribution in [0.15, 0.2) is 0 Å². The zero-order valence-corrected chi connectivity index (χ0v) is 12.1. The van der Waals surface area contributed by atoms with Gasteiger partial charge in [-0.15, -0.1) is 0 Å². The maximum atomic E-state index is 5.19. The van der Waals surface area contributed by atoms with E-state index in [1.165, 1.54) is 39.0 Å². The molecule has 0 bridgehead atoms. The van der Waals surface area contributed by atoms with Gasteiger partial charge in [0.1, 0.15) is 0 Å². The van der Waals surface area contributed by atoms with Crippen molar-refractivity contribution in [3.05, 3.63) is 0 Å². The monoisotopic (exact) mass is 242 g/mol. The van der Waals surface area contributed by atoms with Gasteiger partial charge in [-0.3, -0.25) is 4.90 Å². The van der Waals surface area contributed by atoms with Crippen LogP contribution in [-0.2, 0) is 4.74 Å². The SMILES string of the molecule is CC[C@@H]1CN(CCC(C)C)CCN1CCOC. The molecule has 0 radical (unpaired) electrons. The first-order chi connectivity index (χ1) is 8.17. The fourth-order valence-electron chi connectivity index (χ4n) is 2.49. The molecule has 1 aliphatic rings. The third-order valence-corrected chi connectivity index (χ3v) is 3.77. The third kappa shape index (κ3) is 5.36. The number of hydrogen-bond donors (Lipinski definition) is 0. The Morgan fingerprint density at radius 1 is 1.24 bits per heavy atom. The lowest BCUT2D eigenvalue weighted by Gasteiger charge is -2.41. The Balaban J connectivity index is 2.32. The summed E-state index contributed by atoms with van der Waals surface area (Å²) in [5, 5.41) is 0. The topological polar surface area (TPSA) is 15.7 Å². The van der Waals surface area contributed by atoms with Gasteiger partial charge in [0.25, 0.3) is 0 Å². The van der Waals surface area contributed by atoms with Crippen molar-refractivity contribution in [3.8, 4) is 0 Å². The standard InChI is InChI=1S/C14H30N2O/c1-5-14-12-15(7-6-13(2)3)8-9-16(14)10-11-17-4/h13-14H,5-12H2,1-4H3/t14-/m1/s1. The van der Waals surface area contributed by atoms with Crippen molar-refractivity contribution in [2.45, 2.75) is 39.7 Å². The minimum Gasteiger partial charge on any atom is -0.383 e. The van der Waals surface area contributed by atoms with Gasteiger partial charge in [-0.25, -0.2) is 0 Å². The molecular weight excluding hydrogens is 212 g/mol. The van der Waals surface area contributed by atoms with E-state index in [1.54, 1.807) is 7.11 Å². The summed E-state index contributed by atoms with van der Waals surface area (Å²) in [6, 6.07) is 0.728. The molecule has 0 aromatic carbocycles. The molecule has 102 valence electrons. The van der Waals surface area contributed by atoms with Crippen LogP contribution in [0.2, 0.25) is 0 Å².